The Morgan fingerprint density at radius 1 is 1.42 bits per heavy atom. The monoisotopic (exact) mass is 326 g/mol. The van der Waals surface area contributed by atoms with Crippen molar-refractivity contribution >= 4 is 33.7 Å². The summed E-state index contributed by atoms with van der Waals surface area (Å²) in [5.41, 5.74) is 0.929. The van der Waals surface area contributed by atoms with Gasteiger partial charge in [0.1, 0.15) is 5.60 Å². The molecule has 0 saturated heterocycles. The number of halogens is 1. The van der Waals surface area contributed by atoms with Gasteiger partial charge >= 0.3 is 12.1 Å². The van der Waals surface area contributed by atoms with Gasteiger partial charge in [-0.25, -0.2) is 14.5 Å². The highest BCUT2D eigenvalue weighted by Gasteiger charge is 2.32. The minimum absolute atomic E-state index is 0.192. The zero-order valence-electron chi connectivity index (χ0n) is 11.0. The predicted octanol–water partition coefficient (Wildman–Crippen LogP) is 3.73. The molecule has 0 aliphatic carbocycles. The molecule has 102 valence electrons. The van der Waals surface area contributed by atoms with E-state index in [9.17, 15) is 9.59 Å². The molecule has 1 heterocycles. The van der Waals surface area contributed by atoms with Crippen LogP contribution in [0.25, 0.3) is 0 Å². The highest BCUT2D eigenvalue weighted by molar-refractivity contribution is 9.10. The maximum Gasteiger partial charge on any atom is 0.418 e. The number of imide groups is 1. The molecule has 1 aliphatic heterocycles. The summed E-state index contributed by atoms with van der Waals surface area (Å²) in [6.45, 7) is 5.47. The molecule has 1 N–H and O–H groups in total. The number of nitrogens with zero attached hydrogens (tertiary/aromatic N) is 1. The molecular weight excluding hydrogens is 312 g/mol. The van der Waals surface area contributed by atoms with E-state index in [-0.39, 0.29) is 6.54 Å². The summed E-state index contributed by atoms with van der Waals surface area (Å²) in [5.74, 6) is 0. The van der Waals surface area contributed by atoms with E-state index in [2.05, 4.69) is 21.2 Å². The molecule has 5 nitrogen and oxygen atoms in total. The molecule has 6 heteroatoms. The van der Waals surface area contributed by atoms with Crippen LogP contribution in [0.15, 0.2) is 22.7 Å². The van der Waals surface area contributed by atoms with E-state index in [0.717, 1.165) is 14.9 Å². The van der Waals surface area contributed by atoms with Crippen molar-refractivity contribution in [3.8, 4) is 0 Å². The second-order valence-electron chi connectivity index (χ2n) is 5.26. The maximum atomic E-state index is 12.0. The smallest absolute Gasteiger partial charge is 0.418 e. The van der Waals surface area contributed by atoms with Crippen LogP contribution in [0.4, 0.5) is 15.3 Å². The highest BCUT2D eigenvalue weighted by atomic mass is 79.9. The first-order valence-corrected chi connectivity index (χ1v) is 6.66. The Morgan fingerprint density at radius 2 is 2.11 bits per heavy atom. The lowest BCUT2D eigenvalue weighted by Gasteiger charge is -2.30. The Labute approximate surface area is 120 Å². The van der Waals surface area contributed by atoms with Crippen LogP contribution in [0.2, 0.25) is 0 Å². The van der Waals surface area contributed by atoms with Gasteiger partial charge in [0.2, 0.25) is 0 Å². The van der Waals surface area contributed by atoms with Crippen LogP contribution in [0, 0.1) is 0 Å². The van der Waals surface area contributed by atoms with Gasteiger partial charge in [0.05, 0.1) is 6.54 Å². The molecule has 2 rings (SSSR count). The number of ether oxygens (including phenoxy) is 1. The average molecular weight is 327 g/mol. The maximum absolute atomic E-state index is 12.0. The van der Waals surface area contributed by atoms with Crippen molar-refractivity contribution in [2.45, 2.75) is 32.9 Å². The van der Waals surface area contributed by atoms with E-state index < -0.39 is 17.7 Å². The summed E-state index contributed by atoms with van der Waals surface area (Å²) in [4.78, 5) is 24.9. The standard InChI is InChI=1S/C13H15BrN2O3/c1-13(2,3)19-12(18)16-7-8-9(14)5-4-6-10(8)15-11(16)17/h4-6H,7H2,1-3H3,(H,15,17). The van der Waals surface area contributed by atoms with Gasteiger partial charge in [0.25, 0.3) is 0 Å². The molecule has 19 heavy (non-hydrogen) atoms. The van der Waals surface area contributed by atoms with Gasteiger partial charge in [0, 0.05) is 15.7 Å². The van der Waals surface area contributed by atoms with Crippen LogP contribution < -0.4 is 5.32 Å². The van der Waals surface area contributed by atoms with Crippen LogP contribution in [0.5, 0.6) is 0 Å². The first-order valence-electron chi connectivity index (χ1n) is 5.87. The lowest BCUT2D eigenvalue weighted by atomic mass is 10.1. The normalized spacial score (nSPS) is 14.7. The van der Waals surface area contributed by atoms with Crippen LogP contribution in [-0.2, 0) is 11.3 Å². The number of amides is 3. The van der Waals surface area contributed by atoms with Crippen molar-refractivity contribution in [2.75, 3.05) is 5.32 Å². The van der Waals surface area contributed by atoms with Gasteiger partial charge in [0.15, 0.2) is 0 Å². The van der Waals surface area contributed by atoms with E-state index in [4.69, 9.17) is 4.74 Å². The number of hydrogen-bond acceptors (Lipinski definition) is 3. The predicted molar refractivity (Wildman–Crippen MR) is 74.9 cm³/mol. The van der Waals surface area contributed by atoms with Crippen molar-refractivity contribution < 1.29 is 14.3 Å². The summed E-state index contributed by atoms with van der Waals surface area (Å²) >= 11 is 3.41. The molecule has 0 saturated carbocycles. The molecule has 0 aromatic heterocycles. The lowest BCUT2D eigenvalue weighted by molar-refractivity contribution is 0.0316. The first-order chi connectivity index (χ1) is 8.78. The largest absolute Gasteiger partial charge is 0.443 e. The molecule has 0 spiro atoms. The molecule has 0 bridgehead atoms. The summed E-state index contributed by atoms with van der Waals surface area (Å²) in [5, 5.41) is 2.67. The SMILES string of the molecule is CC(C)(C)OC(=O)N1Cc2c(Br)cccc2NC1=O. The van der Waals surface area contributed by atoms with Gasteiger partial charge in [-0.1, -0.05) is 22.0 Å². The Bertz CT molecular complexity index is 537. The van der Waals surface area contributed by atoms with Gasteiger partial charge in [-0.2, -0.15) is 0 Å². The highest BCUT2D eigenvalue weighted by Crippen LogP contribution is 2.30. The van der Waals surface area contributed by atoms with Crippen LogP contribution in [0.3, 0.4) is 0 Å². The van der Waals surface area contributed by atoms with Crippen LogP contribution >= 0.6 is 15.9 Å². The number of fused-ring (bicyclic) bond motifs is 1. The quantitative estimate of drug-likeness (QED) is 0.790. The van der Waals surface area contributed by atoms with Crippen LogP contribution in [-0.4, -0.2) is 22.6 Å². The Hall–Kier alpha value is -1.56. The van der Waals surface area contributed by atoms with E-state index >= 15 is 0 Å². The molecule has 1 aromatic carbocycles. The van der Waals surface area contributed by atoms with E-state index in [1.165, 1.54) is 0 Å². The van der Waals surface area contributed by atoms with Gasteiger partial charge in [-0.05, 0) is 32.9 Å². The fraction of sp³-hybridized carbons (Fsp3) is 0.385. The number of anilines is 1. The average Bonchev–Trinajstić information content (AvgIpc) is 2.26. The number of hydrogen-bond donors (Lipinski definition) is 1. The fourth-order valence-electron chi connectivity index (χ4n) is 1.71. The van der Waals surface area contributed by atoms with Crippen molar-refractivity contribution in [1.82, 2.24) is 4.90 Å². The summed E-state index contributed by atoms with van der Waals surface area (Å²) in [6.07, 6.45) is -0.647. The third kappa shape index (κ3) is 3.07. The minimum Gasteiger partial charge on any atom is -0.443 e. The molecule has 0 fully saturated rings. The third-order valence-corrected chi connectivity index (χ3v) is 3.28. The Balaban J connectivity index is 2.24. The topological polar surface area (TPSA) is 58.6 Å². The van der Waals surface area contributed by atoms with Crippen molar-refractivity contribution in [1.29, 1.82) is 0 Å². The molecular formula is C13H15BrN2O3. The van der Waals surface area contributed by atoms with Gasteiger partial charge < -0.3 is 10.1 Å². The number of urea groups is 1. The lowest BCUT2D eigenvalue weighted by Crippen LogP contribution is -2.45. The van der Waals surface area contributed by atoms with Crippen molar-refractivity contribution in [2.24, 2.45) is 0 Å². The van der Waals surface area contributed by atoms with Crippen molar-refractivity contribution in [3.63, 3.8) is 0 Å². The number of nitrogens with one attached hydrogen (secondary N) is 1. The molecule has 3 amide bonds. The van der Waals surface area contributed by atoms with Gasteiger partial charge in [-0.3, -0.25) is 0 Å². The third-order valence-electron chi connectivity index (χ3n) is 2.54. The molecule has 0 atom stereocenters. The summed E-state index contributed by atoms with van der Waals surface area (Å²) in [6, 6.07) is 5.01. The number of carbonyl (C=O) groups is 2. The molecule has 1 aromatic rings. The molecule has 0 radical (unpaired) electrons. The molecule has 1 aliphatic rings. The fourth-order valence-corrected chi connectivity index (χ4v) is 2.21. The number of carbonyl (C=O) groups excluding carboxylic acids is 2. The Kier molecular flexibility index (Phi) is 3.54. The van der Waals surface area contributed by atoms with E-state index in [0.29, 0.717) is 5.69 Å². The van der Waals surface area contributed by atoms with Gasteiger partial charge in [-0.15, -0.1) is 0 Å². The summed E-state index contributed by atoms with van der Waals surface area (Å²) < 4.78 is 6.06. The van der Waals surface area contributed by atoms with Crippen molar-refractivity contribution in [3.05, 3.63) is 28.2 Å². The molecule has 0 unspecified atom stereocenters. The Morgan fingerprint density at radius 3 is 2.74 bits per heavy atom. The zero-order valence-corrected chi connectivity index (χ0v) is 12.6. The second kappa shape index (κ2) is 4.85. The van der Waals surface area contributed by atoms with E-state index in [1.54, 1.807) is 26.8 Å². The summed E-state index contributed by atoms with van der Waals surface area (Å²) in [7, 11) is 0. The second-order valence-corrected chi connectivity index (χ2v) is 6.12. The van der Waals surface area contributed by atoms with Crippen LogP contribution in [0.1, 0.15) is 26.3 Å². The first kappa shape index (κ1) is 13.9. The minimum atomic E-state index is -0.647. The number of rotatable bonds is 0. The van der Waals surface area contributed by atoms with E-state index in [1.807, 2.05) is 12.1 Å². The number of benzene rings is 1. The zero-order chi connectivity index (χ0) is 14.2.